The Morgan fingerprint density at radius 2 is 1.77 bits per heavy atom. The molecule has 3 aromatic rings. The molecule has 176 valence electrons. The van der Waals surface area contributed by atoms with Gasteiger partial charge in [-0.2, -0.15) is 5.26 Å². The fourth-order valence-electron chi connectivity index (χ4n) is 3.93. The number of methoxy groups -OCH3 is 1. The highest BCUT2D eigenvalue weighted by molar-refractivity contribution is 8.05. The van der Waals surface area contributed by atoms with Gasteiger partial charge in [0.15, 0.2) is 0 Å². The second-order valence-electron chi connectivity index (χ2n) is 8.18. The van der Waals surface area contributed by atoms with Crippen LogP contribution in [0.5, 0.6) is 5.75 Å². The Hall–Kier alpha value is -4.02. The van der Waals surface area contributed by atoms with Gasteiger partial charge in [0.05, 0.1) is 18.0 Å². The third kappa shape index (κ3) is 5.08. The lowest BCUT2D eigenvalue weighted by atomic mass is 10.1. The van der Waals surface area contributed by atoms with Crippen molar-refractivity contribution in [2.45, 2.75) is 25.5 Å². The average molecular weight is 484 g/mol. The van der Waals surface area contributed by atoms with Crippen LogP contribution < -0.4 is 15.0 Å². The molecule has 1 aliphatic rings. The summed E-state index contributed by atoms with van der Waals surface area (Å²) < 4.78 is 5.32. The van der Waals surface area contributed by atoms with E-state index in [-0.39, 0.29) is 11.5 Å². The van der Waals surface area contributed by atoms with Crippen molar-refractivity contribution < 1.29 is 14.3 Å². The Morgan fingerprint density at radius 1 is 1.06 bits per heavy atom. The third-order valence-corrected chi connectivity index (χ3v) is 7.07. The topological polar surface area (TPSA) is 82.4 Å². The first-order valence-electron chi connectivity index (χ1n) is 11.1. The number of nitrogens with zero attached hydrogens (tertiary/aromatic N) is 2. The molecule has 1 saturated heterocycles. The Balaban J connectivity index is 1.75. The Bertz CT molecular complexity index is 1360. The summed E-state index contributed by atoms with van der Waals surface area (Å²) in [6.07, 6.45) is 0.435. The van der Waals surface area contributed by atoms with E-state index in [4.69, 9.17) is 4.74 Å². The second-order valence-corrected chi connectivity index (χ2v) is 9.37. The lowest BCUT2D eigenvalue weighted by molar-refractivity contribution is -0.117. The summed E-state index contributed by atoms with van der Waals surface area (Å²) >= 11 is 1.25. The monoisotopic (exact) mass is 483 g/mol. The van der Waals surface area contributed by atoms with Gasteiger partial charge in [0.25, 0.3) is 5.91 Å². The van der Waals surface area contributed by atoms with Crippen molar-refractivity contribution in [3.8, 4) is 11.8 Å². The van der Waals surface area contributed by atoms with Gasteiger partial charge >= 0.3 is 0 Å². The summed E-state index contributed by atoms with van der Waals surface area (Å²) in [7, 11) is 1.60. The van der Waals surface area contributed by atoms with Crippen molar-refractivity contribution >= 4 is 35.0 Å². The van der Waals surface area contributed by atoms with Crippen molar-refractivity contribution in [1.29, 1.82) is 5.26 Å². The lowest BCUT2D eigenvalue weighted by Crippen LogP contribution is -2.31. The molecule has 1 atom stereocenters. The van der Waals surface area contributed by atoms with Gasteiger partial charge in [-0.05, 0) is 61.2 Å². The lowest BCUT2D eigenvalue weighted by Gasteiger charge is -2.20. The van der Waals surface area contributed by atoms with Crippen LogP contribution in [0.3, 0.4) is 0 Å². The first-order chi connectivity index (χ1) is 16.9. The van der Waals surface area contributed by atoms with Crippen LogP contribution in [-0.2, 0) is 16.0 Å². The summed E-state index contributed by atoms with van der Waals surface area (Å²) in [5.74, 6) is -0.00364. The van der Waals surface area contributed by atoms with Gasteiger partial charge < -0.3 is 10.1 Å². The van der Waals surface area contributed by atoms with Gasteiger partial charge in [0.2, 0.25) is 5.91 Å². The first-order valence-corrected chi connectivity index (χ1v) is 12.0. The summed E-state index contributed by atoms with van der Waals surface area (Å²) in [4.78, 5) is 28.4. The predicted molar refractivity (Wildman–Crippen MR) is 139 cm³/mol. The molecule has 1 N–H and O–H groups in total. The van der Waals surface area contributed by atoms with Gasteiger partial charge in [-0.15, -0.1) is 0 Å². The smallest absolute Gasteiger partial charge is 0.269 e. The molecule has 0 bridgehead atoms. The van der Waals surface area contributed by atoms with Crippen molar-refractivity contribution in [2.24, 2.45) is 0 Å². The molecule has 3 aromatic carbocycles. The minimum absolute atomic E-state index is 0.0944. The number of aryl methyl sites for hydroxylation is 2. The Labute approximate surface area is 209 Å². The van der Waals surface area contributed by atoms with Crippen LogP contribution in [0.4, 0.5) is 11.4 Å². The van der Waals surface area contributed by atoms with E-state index in [1.165, 1.54) is 16.7 Å². The predicted octanol–water partition coefficient (Wildman–Crippen LogP) is 5.38. The van der Waals surface area contributed by atoms with E-state index in [1.54, 1.807) is 13.2 Å². The van der Waals surface area contributed by atoms with E-state index < -0.39 is 11.2 Å². The van der Waals surface area contributed by atoms with Crippen LogP contribution in [0, 0.1) is 25.2 Å². The van der Waals surface area contributed by atoms with Gasteiger partial charge in [-0.3, -0.25) is 14.5 Å². The number of hydrogen-bond donors (Lipinski definition) is 1. The highest BCUT2D eigenvalue weighted by Crippen LogP contribution is 2.43. The molecule has 1 heterocycles. The van der Waals surface area contributed by atoms with Crippen molar-refractivity contribution in [2.75, 3.05) is 17.3 Å². The second kappa shape index (κ2) is 10.5. The number of nitriles is 1. The van der Waals surface area contributed by atoms with Crippen LogP contribution in [0.15, 0.2) is 83.4 Å². The van der Waals surface area contributed by atoms with Crippen LogP contribution in [-0.4, -0.2) is 24.2 Å². The number of para-hydroxylation sites is 2. The molecule has 1 unspecified atom stereocenters. The standard InChI is InChI=1S/C28H25N3O3S/c1-18-9-4-6-13-23(18)30-26(32)22(17-29)28-31(24-14-7-5-10-19(24)2)27(33)25(35-28)16-20-11-8-12-21(15-20)34-3/h4-15,25H,16H2,1-3H3,(H,30,32)/b28-22-. The molecule has 0 spiro atoms. The molecule has 7 heteroatoms. The maximum absolute atomic E-state index is 13.7. The fraction of sp³-hybridized carbons (Fsp3) is 0.179. The number of benzene rings is 3. The van der Waals surface area contributed by atoms with E-state index in [2.05, 4.69) is 11.4 Å². The van der Waals surface area contributed by atoms with E-state index in [9.17, 15) is 14.9 Å². The largest absolute Gasteiger partial charge is 0.497 e. The van der Waals surface area contributed by atoms with Crippen LogP contribution in [0.25, 0.3) is 0 Å². The number of amides is 2. The fourth-order valence-corrected chi connectivity index (χ4v) is 5.23. The summed E-state index contributed by atoms with van der Waals surface area (Å²) in [6, 6.07) is 24.4. The molecular weight excluding hydrogens is 458 g/mol. The summed E-state index contributed by atoms with van der Waals surface area (Å²) in [5, 5.41) is 12.7. The number of hydrogen-bond acceptors (Lipinski definition) is 5. The number of ether oxygens (including phenoxy) is 1. The van der Waals surface area contributed by atoms with E-state index in [0.717, 1.165) is 16.7 Å². The molecule has 0 aromatic heterocycles. The third-order valence-electron chi connectivity index (χ3n) is 5.81. The molecule has 4 rings (SSSR count). The number of thioether (sulfide) groups is 1. The summed E-state index contributed by atoms with van der Waals surface area (Å²) in [6.45, 7) is 3.78. The molecule has 0 saturated carbocycles. The van der Waals surface area contributed by atoms with Crippen molar-refractivity contribution in [3.05, 3.63) is 100 Å². The molecule has 0 radical (unpaired) electrons. The van der Waals surface area contributed by atoms with Crippen LogP contribution in [0.1, 0.15) is 16.7 Å². The molecule has 0 aliphatic carbocycles. The van der Waals surface area contributed by atoms with Gasteiger partial charge in [0.1, 0.15) is 22.4 Å². The molecular formula is C28H25N3O3S. The van der Waals surface area contributed by atoms with Crippen molar-refractivity contribution in [3.63, 3.8) is 0 Å². The van der Waals surface area contributed by atoms with Crippen molar-refractivity contribution in [1.82, 2.24) is 0 Å². The maximum Gasteiger partial charge on any atom is 0.269 e. The first kappa shape index (κ1) is 24.1. The van der Waals surface area contributed by atoms with Gasteiger partial charge in [0, 0.05) is 5.69 Å². The van der Waals surface area contributed by atoms with E-state index in [0.29, 0.717) is 28.6 Å². The van der Waals surface area contributed by atoms with E-state index >= 15 is 0 Å². The average Bonchev–Trinajstić information content (AvgIpc) is 3.16. The highest BCUT2D eigenvalue weighted by Gasteiger charge is 2.41. The Morgan fingerprint density at radius 3 is 2.46 bits per heavy atom. The molecule has 1 aliphatic heterocycles. The molecule has 6 nitrogen and oxygen atoms in total. The maximum atomic E-state index is 13.7. The minimum atomic E-state index is -0.544. The Kier molecular flexibility index (Phi) is 7.23. The molecule has 2 amide bonds. The zero-order valence-electron chi connectivity index (χ0n) is 19.7. The normalized spacial score (nSPS) is 16.6. The van der Waals surface area contributed by atoms with E-state index in [1.807, 2.05) is 80.6 Å². The molecule has 35 heavy (non-hydrogen) atoms. The number of carbonyl (C=O) groups excluding carboxylic acids is 2. The number of carbonyl (C=O) groups is 2. The quantitative estimate of drug-likeness (QED) is 0.376. The van der Waals surface area contributed by atoms with Crippen LogP contribution in [0.2, 0.25) is 0 Å². The molecule has 1 fully saturated rings. The highest BCUT2D eigenvalue weighted by atomic mass is 32.2. The van der Waals surface area contributed by atoms with Gasteiger partial charge in [-0.1, -0.05) is 60.3 Å². The zero-order chi connectivity index (χ0) is 24.9. The SMILES string of the molecule is COc1cccc(CC2S/C(=C(/C#N)C(=O)Nc3ccccc3C)N(c3ccccc3C)C2=O)c1. The number of anilines is 2. The minimum Gasteiger partial charge on any atom is -0.497 e. The zero-order valence-corrected chi connectivity index (χ0v) is 20.6. The number of rotatable bonds is 6. The summed E-state index contributed by atoms with van der Waals surface area (Å²) in [5.41, 5.74) is 3.87. The van der Waals surface area contributed by atoms with Gasteiger partial charge in [-0.25, -0.2) is 0 Å². The number of nitrogens with one attached hydrogen (secondary N) is 1. The van der Waals surface area contributed by atoms with Crippen LogP contribution >= 0.6 is 11.8 Å².